The van der Waals surface area contributed by atoms with Crippen LogP contribution in [-0.2, 0) is 0 Å². The van der Waals surface area contributed by atoms with Crippen molar-refractivity contribution >= 4 is 66.4 Å². The van der Waals surface area contributed by atoms with Crippen molar-refractivity contribution in [3.05, 3.63) is 195 Å². The summed E-state index contributed by atoms with van der Waals surface area (Å²) in [5.74, 6) is 0. The first-order chi connectivity index (χ1) is 26.6. The molecule has 264 valence electrons. The Balaban J connectivity index is 0.00000221. The minimum absolute atomic E-state index is 0.785. The van der Waals surface area contributed by atoms with Crippen LogP contribution in [0.1, 0.15) is 31.9 Å². The predicted molar refractivity (Wildman–Crippen MR) is 234 cm³/mol. The van der Waals surface area contributed by atoms with E-state index < -0.39 is 0 Å². The lowest BCUT2D eigenvalue weighted by Gasteiger charge is -2.14. The number of hydrogen-bond donors (Lipinski definition) is 1. The monoisotopic (exact) mass is 701 g/mol. The normalized spacial score (nSPS) is 11.8. The Kier molecular flexibility index (Phi) is 10.4. The van der Waals surface area contributed by atoms with E-state index in [-0.39, 0.29) is 0 Å². The molecule has 0 atom stereocenters. The van der Waals surface area contributed by atoms with Gasteiger partial charge < -0.3 is 14.2 Å². The van der Waals surface area contributed by atoms with E-state index in [2.05, 4.69) is 116 Å². The van der Waals surface area contributed by atoms with Crippen LogP contribution in [0.4, 0.5) is 11.4 Å². The van der Waals surface area contributed by atoms with Gasteiger partial charge in [0, 0.05) is 44.2 Å². The molecule has 0 fully saturated rings. The van der Waals surface area contributed by atoms with Crippen LogP contribution >= 0.6 is 0 Å². The fraction of sp³-hybridized carbons (Fsp3) is 0.0588. The summed E-state index contributed by atoms with van der Waals surface area (Å²) in [6.45, 7) is 18.3. The molecule has 0 aliphatic carbocycles. The Morgan fingerprint density at radius 2 is 1.28 bits per heavy atom. The van der Waals surface area contributed by atoms with Gasteiger partial charge >= 0.3 is 0 Å². The van der Waals surface area contributed by atoms with E-state index in [1.165, 1.54) is 0 Å². The van der Waals surface area contributed by atoms with Gasteiger partial charge in [0.15, 0.2) is 0 Å². The number of fused-ring (bicyclic) bond motifs is 7. The minimum atomic E-state index is 0.785. The number of anilines is 2. The lowest BCUT2D eigenvalue weighted by Crippen LogP contribution is -1.94. The van der Waals surface area contributed by atoms with E-state index in [4.69, 9.17) is 8.83 Å². The van der Waals surface area contributed by atoms with Gasteiger partial charge in [-0.1, -0.05) is 161 Å². The largest absolute Gasteiger partial charge is 0.455 e. The fourth-order valence-electron chi connectivity index (χ4n) is 7.10. The molecule has 2 aromatic heterocycles. The van der Waals surface area contributed by atoms with Crippen molar-refractivity contribution in [1.82, 2.24) is 0 Å². The summed E-state index contributed by atoms with van der Waals surface area (Å²) in [6.07, 6.45) is 13.7. The van der Waals surface area contributed by atoms with E-state index >= 15 is 0 Å². The molecule has 6 aromatic carbocycles. The van der Waals surface area contributed by atoms with Gasteiger partial charge in [-0.15, -0.1) is 0 Å². The molecular formula is C51H43NO2. The van der Waals surface area contributed by atoms with Crippen molar-refractivity contribution in [3.8, 4) is 22.3 Å². The van der Waals surface area contributed by atoms with E-state index in [1.807, 2.05) is 87.6 Å². The number of furan rings is 2. The van der Waals surface area contributed by atoms with Crippen LogP contribution in [0, 0.1) is 0 Å². The molecule has 2 heterocycles. The average Bonchev–Trinajstić information content (AvgIpc) is 3.79. The molecule has 54 heavy (non-hydrogen) atoms. The first-order valence-electron chi connectivity index (χ1n) is 18.4. The van der Waals surface area contributed by atoms with Gasteiger partial charge in [-0.05, 0) is 71.2 Å². The number of para-hydroxylation sites is 1. The summed E-state index contributed by atoms with van der Waals surface area (Å²) in [6, 6.07) is 41.9. The van der Waals surface area contributed by atoms with E-state index in [1.54, 1.807) is 6.08 Å². The smallest absolute Gasteiger partial charge is 0.147 e. The number of nitrogens with one attached hydrogen (secondary N) is 1. The molecule has 0 aliphatic rings. The van der Waals surface area contributed by atoms with E-state index in [0.717, 1.165) is 99.8 Å². The Morgan fingerprint density at radius 3 is 1.96 bits per heavy atom. The molecule has 3 nitrogen and oxygen atoms in total. The van der Waals surface area contributed by atoms with Gasteiger partial charge in [0.05, 0.1) is 5.39 Å². The summed E-state index contributed by atoms with van der Waals surface area (Å²) in [7, 11) is 0. The third kappa shape index (κ3) is 6.53. The number of rotatable bonds is 10. The molecule has 1 N–H and O–H groups in total. The molecule has 0 aliphatic heterocycles. The van der Waals surface area contributed by atoms with Gasteiger partial charge in [0.2, 0.25) is 0 Å². The second-order valence-corrected chi connectivity index (χ2v) is 12.7. The van der Waals surface area contributed by atoms with Crippen molar-refractivity contribution in [3.63, 3.8) is 0 Å². The SMILES string of the molecule is C=C/C=C(\C=C)c1ccc2oc3c(-c4ccccc4)c(-c4ccccc4)c4c5cc(Nc6ccccc6C(=C)/C=C\C=C/C)ccc5oc4c3c2c1.CC. The lowest BCUT2D eigenvalue weighted by molar-refractivity contribution is 0.663. The van der Waals surface area contributed by atoms with Crippen molar-refractivity contribution < 1.29 is 8.83 Å². The van der Waals surface area contributed by atoms with Crippen LogP contribution in [0.3, 0.4) is 0 Å². The zero-order chi connectivity index (χ0) is 37.6. The van der Waals surface area contributed by atoms with Crippen LogP contribution in [0.15, 0.2) is 192 Å². The molecule has 0 amide bonds. The van der Waals surface area contributed by atoms with Gasteiger partial charge in [0.25, 0.3) is 0 Å². The summed E-state index contributed by atoms with van der Waals surface area (Å²) in [4.78, 5) is 0. The molecule has 0 unspecified atom stereocenters. The summed E-state index contributed by atoms with van der Waals surface area (Å²) < 4.78 is 13.8. The maximum absolute atomic E-state index is 6.91. The fourth-order valence-corrected chi connectivity index (χ4v) is 7.10. The third-order valence-corrected chi connectivity index (χ3v) is 9.46. The predicted octanol–water partition coefficient (Wildman–Crippen LogP) is 15.5. The Hall–Kier alpha value is -6.84. The number of hydrogen-bond acceptors (Lipinski definition) is 3. The highest BCUT2D eigenvalue weighted by Crippen LogP contribution is 2.51. The quantitative estimate of drug-likeness (QED) is 0.144. The highest BCUT2D eigenvalue weighted by molar-refractivity contribution is 6.31. The average molecular weight is 702 g/mol. The molecular weight excluding hydrogens is 659 g/mol. The molecule has 0 radical (unpaired) electrons. The zero-order valence-electron chi connectivity index (χ0n) is 31.0. The van der Waals surface area contributed by atoms with Crippen LogP contribution in [0.25, 0.3) is 77.3 Å². The summed E-state index contributed by atoms with van der Waals surface area (Å²) in [5, 5.41) is 7.65. The van der Waals surface area contributed by atoms with Crippen molar-refractivity contribution in [2.75, 3.05) is 5.32 Å². The molecule has 0 bridgehead atoms. The highest BCUT2D eigenvalue weighted by atomic mass is 16.3. The van der Waals surface area contributed by atoms with Gasteiger partial charge in [0.1, 0.15) is 22.3 Å². The lowest BCUT2D eigenvalue weighted by atomic mass is 9.88. The molecule has 0 spiro atoms. The highest BCUT2D eigenvalue weighted by Gasteiger charge is 2.27. The summed E-state index contributed by atoms with van der Waals surface area (Å²) >= 11 is 0. The van der Waals surface area contributed by atoms with Crippen molar-refractivity contribution in [2.45, 2.75) is 20.8 Å². The molecule has 3 heteroatoms. The molecule has 8 aromatic rings. The molecule has 0 saturated carbocycles. The summed E-state index contributed by atoms with van der Waals surface area (Å²) in [5.41, 5.74) is 13.2. The zero-order valence-corrected chi connectivity index (χ0v) is 31.0. The van der Waals surface area contributed by atoms with Gasteiger partial charge in [-0.25, -0.2) is 0 Å². The first kappa shape index (κ1) is 35.6. The maximum atomic E-state index is 6.91. The Bertz CT molecular complexity index is 2750. The Morgan fingerprint density at radius 1 is 0.648 bits per heavy atom. The minimum Gasteiger partial charge on any atom is -0.455 e. The van der Waals surface area contributed by atoms with Gasteiger partial charge in [-0.2, -0.15) is 0 Å². The first-order valence-corrected chi connectivity index (χ1v) is 18.4. The topological polar surface area (TPSA) is 38.3 Å². The number of benzene rings is 6. The van der Waals surface area contributed by atoms with Crippen LogP contribution in [0.2, 0.25) is 0 Å². The standard InChI is InChI=1S/C49H37NO2.C2H6/c1-5-8-11-19-32(4)38-24-16-17-25-41(38)50-37-27-29-43-40(31-37)46-44(34-20-12-9-13-21-34)45(35-22-14-10-15-23-35)48-47(49(46)52-43)39-30-36(26-28-42(39)51-48)33(7-3)18-6-2;1-2/h5-31,50H,2-4H2,1H3;1-2H3/b8-5-,19-11-,33-18+;. The second-order valence-electron chi connectivity index (χ2n) is 12.7. The van der Waals surface area contributed by atoms with Crippen molar-refractivity contribution in [1.29, 1.82) is 0 Å². The van der Waals surface area contributed by atoms with E-state index in [0.29, 0.717) is 0 Å². The van der Waals surface area contributed by atoms with Gasteiger partial charge in [-0.3, -0.25) is 0 Å². The third-order valence-electron chi connectivity index (χ3n) is 9.46. The van der Waals surface area contributed by atoms with Crippen LogP contribution < -0.4 is 5.32 Å². The van der Waals surface area contributed by atoms with E-state index in [9.17, 15) is 0 Å². The van der Waals surface area contributed by atoms with Crippen LogP contribution in [-0.4, -0.2) is 0 Å². The second kappa shape index (κ2) is 15.8. The van der Waals surface area contributed by atoms with Crippen LogP contribution in [0.5, 0.6) is 0 Å². The van der Waals surface area contributed by atoms with Crippen molar-refractivity contribution in [2.24, 2.45) is 0 Å². The Labute approximate surface area is 317 Å². The maximum Gasteiger partial charge on any atom is 0.147 e. The molecule has 0 saturated heterocycles. The molecule has 8 rings (SSSR count). The number of allylic oxidation sites excluding steroid dienone is 9.